The van der Waals surface area contributed by atoms with E-state index in [0.717, 1.165) is 24.4 Å². The number of aromatic nitrogens is 2. The maximum absolute atomic E-state index is 14.8. The van der Waals surface area contributed by atoms with Crippen LogP contribution in [0.3, 0.4) is 0 Å². The van der Waals surface area contributed by atoms with Gasteiger partial charge >= 0.3 is 0 Å². The fourth-order valence-corrected chi connectivity index (χ4v) is 4.91. The summed E-state index contributed by atoms with van der Waals surface area (Å²) in [5, 5.41) is 0. The summed E-state index contributed by atoms with van der Waals surface area (Å²) in [6.07, 6.45) is 8.02. The molecular formula is C23H23F3N4O3S. The lowest BCUT2D eigenvalue weighted by molar-refractivity contribution is 0.266. The zero-order valence-electron chi connectivity index (χ0n) is 18.7. The van der Waals surface area contributed by atoms with Gasteiger partial charge in [-0.05, 0) is 44.5 Å². The molecule has 0 aliphatic carbocycles. The lowest BCUT2D eigenvalue weighted by Crippen LogP contribution is -2.56. The number of nitrogens with two attached hydrogens (primary N) is 1. The number of sulfone groups is 1. The highest BCUT2D eigenvalue weighted by Gasteiger charge is 2.51. The summed E-state index contributed by atoms with van der Waals surface area (Å²) in [4.78, 5) is 11.9. The van der Waals surface area contributed by atoms with Gasteiger partial charge in [-0.2, -0.15) is 0 Å². The molecule has 0 radical (unpaired) electrons. The second-order valence-corrected chi connectivity index (χ2v) is 10.9. The van der Waals surface area contributed by atoms with E-state index in [2.05, 4.69) is 20.9 Å². The van der Waals surface area contributed by atoms with Gasteiger partial charge in [0.15, 0.2) is 21.8 Å². The number of aliphatic imine (C=N–C) groups is 1. The number of alkyl halides is 1. The third-order valence-electron chi connectivity index (χ3n) is 5.57. The molecule has 2 unspecified atom stereocenters. The first-order chi connectivity index (χ1) is 15.8. The molecule has 34 heavy (non-hydrogen) atoms. The number of benzene rings is 1. The molecule has 180 valence electrons. The van der Waals surface area contributed by atoms with Gasteiger partial charge in [0.1, 0.15) is 34.3 Å². The Hall–Kier alpha value is -3.39. The van der Waals surface area contributed by atoms with Crippen molar-refractivity contribution in [2.24, 2.45) is 10.7 Å². The van der Waals surface area contributed by atoms with Crippen LogP contribution in [-0.4, -0.2) is 47.5 Å². The van der Waals surface area contributed by atoms with Crippen molar-refractivity contribution in [2.45, 2.75) is 37.2 Å². The summed E-state index contributed by atoms with van der Waals surface area (Å²) in [6, 6.07) is 3.37. The van der Waals surface area contributed by atoms with Gasteiger partial charge in [-0.1, -0.05) is 12.0 Å². The van der Waals surface area contributed by atoms with Crippen molar-refractivity contribution in [3.63, 3.8) is 0 Å². The molecule has 0 saturated carbocycles. The number of amidine groups is 1. The molecule has 1 aromatic heterocycles. The molecule has 1 aliphatic rings. The Morgan fingerprint density at radius 3 is 2.62 bits per heavy atom. The van der Waals surface area contributed by atoms with E-state index in [1.807, 2.05) is 0 Å². The maximum atomic E-state index is 14.8. The fourth-order valence-electron chi connectivity index (χ4n) is 3.26. The SMILES string of the molecule is C#CC(C)Oc1cnc(/C(F)=C/c2ccc(F)c(C3(CF)CS(=O)(=O)C(C)(C)C(N)=N3)c2)cn1. The zero-order valence-corrected chi connectivity index (χ0v) is 19.5. The van der Waals surface area contributed by atoms with E-state index in [0.29, 0.717) is 0 Å². The molecule has 2 N–H and O–H groups in total. The lowest BCUT2D eigenvalue weighted by Gasteiger charge is -2.38. The van der Waals surface area contributed by atoms with Gasteiger partial charge in [0.2, 0.25) is 5.88 Å². The van der Waals surface area contributed by atoms with Crippen LogP contribution in [0.4, 0.5) is 13.2 Å². The van der Waals surface area contributed by atoms with Crippen molar-refractivity contribution in [3.05, 3.63) is 53.2 Å². The van der Waals surface area contributed by atoms with Crippen molar-refractivity contribution >= 4 is 27.6 Å². The number of hydrogen-bond acceptors (Lipinski definition) is 7. The van der Waals surface area contributed by atoms with Crippen LogP contribution < -0.4 is 10.5 Å². The first kappa shape index (κ1) is 25.2. The molecule has 2 atom stereocenters. The summed E-state index contributed by atoms with van der Waals surface area (Å²) in [6.45, 7) is 3.00. The molecule has 2 aromatic rings. The summed E-state index contributed by atoms with van der Waals surface area (Å²) in [5.41, 5.74) is 3.39. The Morgan fingerprint density at radius 1 is 1.35 bits per heavy atom. The Balaban J connectivity index is 2.00. The molecule has 1 aliphatic heterocycles. The third-order valence-corrected chi connectivity index (χ3v) is 8.19. The highest BCUT2D eigenvalue weighted by atomic mass is 32.2. The predicted octanol–water partition coefficient (Wildman–Crippen LogP) is 3.21. The van der Waals surface area contributed by atoms with Gasteiger partial charge < -0.3 is 10.5 Å². The molecule has 11 heteroatoms. The van der Waals surface area contributed by atoms with Crippen molar-refractivity contribution in [2.75, 3.05) is 12.4 Å². The van der Waals surface area contributed by atoms with Crippen LogP contribution in [0.2, 0.25) is 0 Å². The predicted molar refractivity (Wildman–Crippen MR) is 123 cm³/mol. The van der Waals surface area contributed by atoms with Crippen LogP contribution in [0.5, 0.6) is 5.88 Å². The lowest BCUT2D eigenvalue weighted by atomic mass is 9.90. The van der Waals surface area contributed by atoms with Gasteiger partial charge in [-0.25, -0.2) is 31.6 Å². The van der Waals surface area contributed by atoms with Gasteiger partial charge in [-0.3, -0.25) is 4.99 Å². The summed E-state index contributed by atoms with van der Waals surface area (Å²) in [7, 11) is -3.98. The number of hydrogen-bond donors (Lipinski definition) is 1. The number of rotatable bonds is 6. The Labute approximate surface area is 195 Å². The molecule has 0 spiro atoms. The minimum atomic E-state index is -3.98. The Morgan fingerprint density at radius 2 is 2.06 bits per heavy atom. The van der Waals surface area contributed by atoms with E-state index in [-0.39, 0.29) is 28.5 Å². The molecule has 0 amide bonds. The molecule has 0 fully saturated rings. The Kier molecular flexibility index (Phi) is 6.75. The monoisotopic (exact) mass is 492 g/mol. The highest BCUT2D eigenvalue weighted by molar-refractivity contribution is 7.93. The molecule has 1 aromatic carbocycles. The number of nitrogens with zero attached hydrogens (tertiary/aromatic N) is 3. The second kappa shape index (κ2) is 9.10. The van der Waals surface area contributed by atoms with Crippen LogP contribution in [-0.2, 0) is 15.4 Å². The van der Waals surface area contributed by atoms with Crippen LogP contribution in [0.25, 0.3) is 11.9 Å². The number of halogens is 3. The summed E-state index contributed by atoms with van der Waals surface area (Å²) in [5.74, 6) is -0.389. The quantitative estimate of drug-likeness (QED) is 0.621. The standard InChI is InChI=1S/C23H23F3N4O3S/c1-5-14(2)33-20-11-28-19(10-29-20)18(26)9-15-6-7-17(25)16(8-15)23(12-24)13-34(31,32)22(3,4)21(27)30-23/h1,6-11,14H,12-13H2,2-4H3,(H2,27,30)/b18-9-. The first-order valence-electron chi connectivity index (χ1n) is 10.1. The largest absolute Gasteiger partial charge is 0.460 e. The molecule has 2 heterocycles. The van der Waals surface area contributed by atoms with Crippen LogP contribution in [0.1, 0.15) is 37.6 Å². The number of terminal acetylenes is 1. The number of ether oxygens (including phenoxy) is 1. The van der Waals surface area contributed by atoms with Crippen LogP contribution in [0, 0.1) is 18.2 Å². The maximum Gasteiger partial charge on any atom is 0.233 e. The van der Waals surface area contributed by atoms with Gasteiger partial charge in [0.25, 0.3) is 0 Å². The molecule has 7 nitrogen and oxygen atoms in total. The topological polar surface area (TPSA) is 108 Å². The molecule has 3 rings (SSSR count). The molecular weight excluding hydrogens is 469 g/mol. The fraction of sp³-hybridized carbons (Fsp3) is 0.348. The smallest absolute Gasteiger partial charge is 0.233 e. The van der Waals surface area contributed by atoms with E-state index >= 15 is 0 Å². The third kappa shape index (κ3) is 4.63. The van der Waals surface area contributed by atoms with Crippen molar-refractivity contribution in [1.82, 2.24) is 9.97 Å². The highest BCUT2D eigenvalue weighted by Crippen LogP contribution is 2.39. The van der Waals surface area contributed by atoms with Crippen molar-refractivity contribution < 1.29 is 26.3 Å². The second-order valence-electron chi connectivity index (χ2n) is 8.33. The van der Waals surface area contributed by atoms with E-state index < -0.39 is 50.3 Å². The van der Waals surface area contributed by atoms with Crippen molar-refractivity contribution in [1.29, 1.82) is 0 Å². The minimum Gasteiger partial charge on any atom is -0.460 e. The molecule has 0 bridgehead atoms. The summed E-state index contributed by atoms with van der Waals surface area (Å²) >= 11 is 0. The van der Waals surface area contributed by atoms with Crippen LogP contribution >= 0.6 is 0 Å². The van der Waals surface area contributed by atoms with Gasteiger partial charge in [-0.15, -0.1) is 6.42 Å². The Bertz CT molecular complexity index is 1300. The van der Waals surface area contributed by atoms with E-state index in [9.17, 15) is 21.6 Å². The first-order valence-corrected chi connectivity index (χ1v) is 11.8. The zero-order chi connectivity index (χ0) is 25.3. The van der Waals surface area contributed by atoms with Crippen LogP contribution in [0.15, 0.2) is 35.6 Å². The average Bonchev–Trinajstić information content (AvgIpc) is 2.79. The van der Waals surface area contributed by atoms with Gasteiger partial charge in [0.05, 0.1) is 18.1 Å². The summed E-state index contributed by atoms with van der Waals surface area (Å²) < 4.78 is 73.1. The van der Waals surface area contributed by atoms with E-state index in [1.165, 1.54) is 26.1 Å². The van der Waals surface area contributed by atoms with E-state index in [1.54, 1.807) is 6.92 Å². The normalized spacial score (nSPS) is 22.4. The van der Waals surface area contributed by atoms with Gasteiger partial charge in [0, 0.05) is 5.56 Å². The minimum absolute atomic E-state index is 0.104. The molecule has 0 saturated heterocycles. The van der Waals surface area contributed by atoms with Crippen molar-refractivity contribution in [3.8, 4) is 18.2 Å². The van der Waals surface area contributed by atoms with E-state index in [4.69, 9.17) is 16.9 Å². The average molecular weight is 493 g/mol.